The van der Waals surface area contributed by atoms with Gasteiger partial charge >= 0.3 is 0 Å². The van der Waals surface area contributed by atoms with Crippen LogP contribution in [0.3, 0.4) is 0 Å². The smallest absolute Gasteiger partial charge is 0.293 e. The number of amides is 2. The number of nitrogens with one attached hydrogen (secondary N) is 1. The second kappa shape index (κ2) is 9.96. The van der Waals surface area contributed by atoms with Crippen LogP contribution in [0.15, 0.2) is 64.9 Å². The van der Waals surface area contributed by atoms with Gasteiger partial charge in [-0.25, -0.2) is 4.98 Å². The molecule has 0 spiro atoms. The van der Waals surface area contributed by atoms with E-state index < -0.39 is 10.8 Å². The minimum Gasteiger partial charge on any atom is -0.362 e. The van der Waals surface area contributed by atoms with Gasteiger partial charge in [-0.3, -0.25) is 19.7 Å². The zero-order valence-corrected chi connectivity index (χ0v) is 19.6. The zero-order chi connectivity index (χ0) is 24.2. The van der Waals surface area contributed by atoms with E-state index in [1.165, 1.54) is 24.8 Å². The van der Waals surface area contributed by atoms with Gasteiger partial charge in [0.15, 0.2) is 5.16 Å². The van der Waals surface area contributed by atoms with Crippen LogP contribution in [-0.2, 0) is 11.8 Å². The molecule has 0 bridgehead atoms. The van der Waals surface area contributed by atoms with Crippen molar-refractivity contribution in [1.82, 2.24) is 14.5 Å². The number of rotatable bonds is 6. The summed E-state index contributed by atoms with van der Waals surface area (Å²) in [6.07, 6.45) is 3.60. The Labute approximate surface area is 200 Å². The number of imidazole rings is 1. The Morgan fingerprint density at radius 3 is 2.38 bits per heavy atom. The summed E-state index contributed by atoms with van der Waals surface area (Å²) in [6, 6.07) is 11.8. The molecule has 1 aliphatic rings. The summed E-state index contributed by atoms with van der Waals surface area (Å²) in [7, 11) is 1.92. The molecule has 0 aliphatic carbocycles. The van der Waals surface area contributed by atoms with Crippen molar-refractivity contribution in [2.75, 3.05) is 36.4 Å². The van der Waals surface area contributed by atoms with Gasteiger partial charge < -0.3 is 19.7 Å². The number of carbonyl (C=O) groups excluding carboxylic acids is 2. The van der Waals surface area contributed by atoms with E-state index in [0.29, 0.717) is 37.6 Å². The third-order valence-corrected chi connectivity index (χ3v) is 6.68. The SMILES string of the molecule is CC(=O)N1CCN(c2ccc(C(=O)Nc3ccc(Sc4nccn4C)cc3)cc2[N+](=O)[O-])CC1. The van der Waals surface area contributed by atoms with Crippen LogP contribution in [0.5, 0.6) is 0 Å². The first-order valence-electron chi connectivity index (χ1n) is 10.7. The highest BCUT2D eigenvalue weighted by Crippen LogP contribution is 2.31. The summed E-state index contributed by atoms with van der Waals surface area (Å²) in [4.78, 5) is 44.4. The molecule has 34 heavy (non-hydrogen) atoms. The number of nitro benzene ring substituents is 1. The fourth-order valence-corrected chi connectivity index (χ4v) is 4.51. The predicted molar refractivity (Wildman–Crippen MR) is 129 cm³/mol. The van der Waals surface area contributed by atoms with Gasteiger partial charge in [0.2, 0.25) is 5.91 Å². The summed E-state index contributed by atoms with van der Waals surface area (Å²) in [5.74, 6) is -0.440. The van der Waals surface area contributed by atoms with Gasteiger partial charge in [0, 0.05) is 74.8 Å². The molecule has 1 aromatic heterocycles. The summed E-state index contributed by atoms with van der Waals surface area (Å²) >= 11 is 1.50. The first-order chi connectivity index (χ1) is 16.3. The second-order valence-corrected chi connectivity index (χ2v) is 8.90. The van der Waals surface area contributed by atoms with Crippen LogP contribution in [0.2, 0.25) is 0 Å². The number of aryl methyl sites for hydroxylation is 1. The van der Waals surface area contributed by atoms with Gasteiger partial charge in [0.05, 0.1) is 4.92 Å². The summed E-state index contributed by atoms with van der Waals surface area (Å²) in [5, 5.41) is 15.4. The number of anilines is 2. The second-order valence-electron chi connectivity index (χ2n) is 7.86. The molecule has 0 atom stereocenters. The van der Waals surface area contributed by atoms with E-state index in [-0.39, 0.29) is 17.2 Å². The highest BCUT2D eigenvalue weighted by atomic mass is 32.2. The minimum atomic E-state index is -0.479. The van der Waals surface area contributed by atoms with Gasteiger partial charge in [-0.15, -0.1) is 0 Å². The van der Waals surface area contributed by atoms with E-state index in [1.807, 2.05) is 34.8 Å². The van der Waals surface area contributed by atoms with Gasteiger partial charge in [-0.1, -0.05) is 11.8 Å². The Balaban J connectivity index is 1.45. The van der Waals surface area contributed by atoms with Crippen LogP contribution in [0.1, 0.15) is 17.3 Å². The van der Waals surface area contributed by atoms with E-state index in [9.17, 15) is 19.7 Å². The lowest BCUT2D eigenvalue weighted by atomic mass is 10.1. The Morgan fingerprint density at radius 2 is 1.79 bits per heavy atom. The largest absolute Gasteiger partial charge is 0.362 e. The molecule has 1 saturated heterocycles. The van der Waals surface area contributed by atoms with Crippen molar-refractivity contribution in [3.05, 3.63) is 70.5 Å². The number of aromatic nitrogens is 2. The molecule has 2 heterocycles. The van der Waals surface area contributed by atoms with Crippen molar-refractivity contribution in [1.29, 1.82) is 0 Å². The highest BCUT2D eigenvalue weighted by molar-refractivity contribution is 7.99. The lowest BCUT2D eigenvalue weighted by Crippen LogP contribution is -2.48. The standard InChI is InChI=1S/C23H24N6O4S/c1-16(30)27-11-13-28(14-12-27)20-8-3-17(15-21(20)29(32)33)22(31)25-18-4-6-19(7-5-18)34-23-24-9-10-26(23)2/h3-10,15H,11-14H2,1-2H3,(H,25,31). The van der Waals surface area contributed by atoms with Crippen LogP contribution in [0.25, 0.3) is 0 Å². The maximum absolute atomic E-state index is 12.8. The van der Waals surface area contributed by atoms with Gasteiger partial charge in [0.25, 0.3) is 11.6 Å². The predicted octanol–water partition coefficient (Wildman–Crippen LogP) is 3.40. The summed E-state index contributed by atoms with van der Waals surface area (Å²) < 4.78 is 1.92. The molecule has 10 nitrogen and oxygen atoms in total. The minimum absolute atomic E-state index is 0.00979. The highest BCUT2D eigenvalue weighted by Gasteiger charge is 2.26. The van der Waals surface area contributed by atoms with Gasteiger partial charge in [-0.2, -0.15) is 0 Å². The number of benzene rings is 2. The molecule has 3 aromatic rings. The molecule has 1 N–H and O–H groups in total. The number of nitrogens with zero attached hydrogens (tertiary/aromatic N) is 5. The van der Waals surface area contributed by atoms with E-state index in [1.54, 1.807) is 35.4 Å². The van der Waals surface area contributed by atoms with Crippen LogP contribution >= 0.6 is 11.8 Å². The average molecular weight is 481 g/mol. The molecule has 0 radical (unpaired) electrons. The van der Waals surface area contributed by atoms with E-state index in [2.05, 4.69) is 10.3 Å². The summed E-state index contributed by atoms with van der Waals surface area (Å²) in [6.45, 7) is 3.51. The number of hydrogen-bond acceptors (Lipinski definition) is 7. The molecule has 0 saturated carbocycles. The molecule has 176 valence electrons. The first-order valence-corrected chi connectivity index (χ1v) is 11.5. The van der Waals surface area contributed by atoms with E-state index in [0.717, 1.165) is 10.1 Å². The Hall–Kier alpha value is -3.86. The van der Waals surface area contributed by atoms with Crippen LogP contribution in [0, 0.1) is 10.1 Å². The van der Waals surface area contributed by atoms with Crippen molar-refractivity contribution in [3.8, 4) is 0 Å². The molecular formula is C23H24N6O4S. The van der Waals surface area contributed by atoms with Gasteiger partial charge in [-0.05, 0) is 36.4 Å². The average Bonchev–Trinajstić information content (AvgIpc) is 3.24. The third-order valence-electron chi connectivity index (χ3n) is 5.60. The first kappa shape index (κ1) is 23.3. The van der Waals surface area contributed by atoms with Crippen molar-refractivity contribution in [2.45, 2.75) is 17.0 Å². The molecule has 2 amide bonds. The number of nitro groups is 1. The third kappa shape index (κ3) is 5.20. The van der Waals surface area contributed by atoms with Crippen molar-refractivity contribution in [2.24, 2.45) is 7.05 Å². The molecule has 1 aliphatic heterocycles. The number of carbonyl (C=O) groups is 2. The summed E-state index contributed by atoms with van der Waals surface area (Å²) in [5.41, 5.74) is 1.09. The maximum atomic E-state index is 12.8. The molecular weight excluding hydrogens is 456 g/mol. The molecule has 0 unspecified atom stereocenters. The lowest BCUT2D eigenvalue weighted by Gasteiger charge is -2.35. The Bertz CT molecular complexity index is 1220. The quantitative estimate of drug-likeness (QED) is 0.425. The molecule has 4 rings (SSSR count). The fraction of sp³-hybridized carbons (Fsp3) is 0.261. The number of hydrogen-bond donors (Lipinski definition) is 1. The van der Waals surface area contributed by atoms with Crippen LogP contribution < -0.4 is 10.2 Å². The van der Waals surface area contributed by atoms with Crippen molar-refractivity contribution >= 4 is 40.6 Å². The zero-order valence-electron chi connectivity index (χ0n) is 18.8. The van der Waals surface area contributed by atoms with E-state index in [4.69, 9.17) is 0 Å². The monoisotopic (exact) mass is 480 g/mol. The molecule has 11 heteroatoms. The van der Waals surface area contributed by atoms with E-state index >= 15 is 0 Å². The number of piperazine rings is 1. The Kier molecular flexibility index (Phi) is 6.82. The topological polar surface area (TPSA) is 114 Å². The van der Waals surface area contributed by atoms with Crippen molar-refractivity contribution in [3.63, 3.8) is 0 Å². The lowest BCUT2D eigenvalue weighted by molar-refractivity contribution is -0.384. The van der Waals surface area contributed by atoms with Gasteiger partial charge in [0.1, 0.15) is 5.69 Å². The maximum Gasteiger partial charge on any atom is 0.293 e. The van der Waals surface area contributed by atoms with Crippen molar-refractivity contribution < 1.29 is 14.5 Å². The Morgan fingerprint density at radius 1 is 1.09 bits per heavy atom. The van der Waals surface area contributed by atoms with Crippen LogP contribution in [0.4, 0.5) is 17.1 Å². The molecule has 1 fully saturated rings. The van der Waals surface area contributed by atoms with Crippen LogP contribution in [-0.4, -0.2) is 57.4 Å². The molecule has 2 aromatic carbocycles. The fourth-order valence-electron chi connectivity index (χ4n) is 3.71. The normalized spacial score (nSPS) is 13.6.